The van der Waals surface area contributed by atoms with E-state index in [4.69, 9.17) is 41.2 Å². The molecule has 6 fully saturated rings. The second-order valence-electron chi connectivity index (χ2n) is 35.6. The number of nitrogens with zero attached hydrogens (tertiary/aromatic N) is 4. The predicted molar refractivity (Wildman–Crippen MR) is 644 cm³/mol. The first kappa shape index (κ1) is 129. The van der Waals surface area contributed by atoms with Gasteiger partial charge in [-0.15, -0.1) is 12.8 Å². The molecule has 8 N–H and O–H groups in total. The first-order valence-corrected chi connectivity index (χ1v) is 53.1. The number of benzene rings is 12. The summed E-state index contributed by atoms with van der Waals surface area (Å²) < 4.78 is 3.33. The Hall–Kier alpha value is -11.2. The number of halogens is 4. The second-order valence-corrected chi connectivity index (χ2v) is 40.3. The first-order chi connectivity index (χ1) is 68.1. The summed E-state index contributed by atoms with van der Waals surface area (Å²) in [6.45, 7) is 14.1. The van der Waals surface area contributed by atoms with Gasteiger partial charge in [-0.05, 0) is 307 Å². The van der Waals surface area contributed by atoms with E-state index in [-0.39, 0.29) is 92.6 Å². The lowest BCUT2D eigenvalue weighted by Crippen LogP contribution is -2.56. The molecule has 12 aromatic carbocycles. The highest BCUT2D eigenvalue weighted by molar-refractivity contribution is 14.1. The fourth-order valence-electron chi connectivity index (χ4n) is 18.3. The number of carbonyl (C=O) groups excluding carboxylic acids is 6. The zero-order chi connectivity index (χ0) is 100. The summed E-state index contributed by atoms with van der Waals surface area (Å²) in [5.74, 6) is 3.77. The van der Waals surface area contributed by atoms with Crippen LogP contribution in [0.25, 0.3) is 52.8 Å². The number of anilines is 2. The van der Waals surface area contributed by atoms with Crippen LogP contribution in [0.5, 0.6) is 0 Å². The molecule has 2 unspecified atom stereocenters. The molecule has 6 aliphatic rings. The maximum absolute atomic E-state index is 14.2. The molecule has 4 amide bonds. The zero-order valence-electron chi connectivity index (χ0n) is 79.6. The van der Waals surface area contributed by atoms with Gasteiger partial charge in [0.25, 0.3) is 11.8 Å². The minimum Gasteiger partial charge on any atom is -0.478 e. The minimum absolute atomic E-state index is 0. The number of hydrogen-bond donors (Lipinski definition) is 6. The van der Waals surface area contributed by atoms with Crippen LogP contribution >= 0.6 is 90.4 Å². The largest absolute Gasteiger partial charge is 0.478 e. The smallest absolute Gasteiger partial charge is 0.336 e. The fourth-order valence-corrected chi connectivity index (χ4v) is 20.8. The number of terminal acetylenes is 2. The third-order valence-electron chi connectivity index (χ3n) is 25.7. The van der Waals surface area contributed by atoms with Gasteiger partial charge in [-0.1, -0.05) is 354 Å². The van der Waals surface area contributed by atoms with Gasteiger partial charge in [0.2, 0.25) is 11.8 Å². The van der Waals surface area contributed by atoms with Crippen molar-refractivity contribution in [2.45, 2.75) is 261 Å². The van der Waals surface area contributed by atoms with Gasteiger partial charge in [-0.3, -0.25) is 19.2 Å². The van der Waals surface area contributed by atoms with E-state index < -0.39 is 24.0 Å². The average molecular weight is 2420 g/mol. The molecule has 0 heterocycles. The van der Waals surface area contributed by atoms with Crippen LogP contribution in [0.1, 0.15) is 279 Å². The van der Waals surface area contributed by atoms with E-state index in [1.807, 2.05) is 256 Å². The standard InChI is InChI=1S/C31H35IN2O2.C28H27IN2O2.2C11H7N.2C7H5IO2.2C7H12O.C6H13N.C3H5N.6CH4/c32-28-18-10-9-17-27(28)31(36)34(26-15-5-2-6-16-26)29(23-12-3-1-4-13-23)30(35)33-25-20-19-22-11-7-8-14-24(22)21-25;1-2-18-31(28(33)24-14-8-9-15-25(24)29)26(21-11-4-3-5-12-21)27(32)30-23-17-16-20-10-6-7-13-22(20)19-23;2*1-12-11-7-6-9-4-2-3-5-10(9)8-11;2*8-6-4-2-1-3-5(6)7(9)10;2*8-6-7-4-2-1-3-5-7;7-6-4-2-1-3-5-6;1-2-3-4;;;;;;/h7-11,14,17-21,23,26,29H,1-6,12-13,15-16H2,(H,33,35);1,6-10,13-17,19,21,26H,3-5,11-12,18H2,(H,30,32);2*2-8H;2*1-4H,(H,9,10);2*6-7H,1-5H2;6H,1-5,7H2;1H,3-4H2;6*1H4. The number of aromatic carboxylic acids is 2. The Morgan fingerprint density at radius 1 is 0.363 bits per heavy atom. The van der Waals surface area contributed by atoms with E-state index in [9.17, 15) is 38.4 Å². The van der Waals surface area contributed by atoms with Gasteiger partial charge in [0.1, 0.15) is 24.7 Å². The van der Waals surface area contributed by atoms with E-state index in [1.165, 1.54) is 94.2 Å². The van der Waals surface area contributed by atoms with Crippen molar-refractivity contribution in [3.8, 4) is 24.7 Å². The molecule has 18 nitrogen and oxygen atoms in total. The van der Waals surface area contributed by atoms with Gasteiger partial charge in [0, 0.05) is 49.6 Å². The Morgan fingerprint density at radius 3 is 0.925 bits per heavy atom. The Morgan fingerprint density at radius 2 is 0.637 bits per heavy atom. The van der Waals surface area contributed by atoms with Crippen LogP contribution in [0.4, 0.5) is 22.7 Å². The molecule has 0 aliphatic heterocycles. The van der Waals surface area contributed by atoms with Gasteiger partial charge >= 0.3 is 11.9 Å². The number of nitrogens with one attached hydrogen (secondary N) is 2. The third-order valence-corrected chi connectivity index (χ3v) is 29.5. The predicted octanol–water partition coefficient (Wildman–Crippen LogP) is 32.9. The van der Waals surface area contributed by atoms with Crippen LogP contribution in [0.2, 0.25) is 0 Å². The number of aldehydes is 2. The van der Waals surface area contributed by atoms with E-state index in [1.54, 1.807) is 47.4 Å². The quantitative estimate of drug-likeness (QED) is 0.0228. The van der Waals surface area contributed by atoms with Crippen LogP contribution in [0.3, 0.4) is 0 Å². The Labute approximate surface area is 925 Å². The summed E-state index contributed by atoms with van der Waals surface area (Å²) in [4.78, 5) is 107. The van der Waals surface area contributed by atoms with Crippen LogP contribution in [0, 0.1) is 75.8 Å². The number of fused-ring (bicyclic) bond motifs is 4. The molecular formula is C124H152I4N8O10. The van der Waals surface area contributed by atoms with Gasteiger partial charge in [-0.25, -0.2) is 19.3 Å². The molecule has 0 spiro atoms. The molecule has 22 heteroatoms. The van der Waals surface area contributed by atoms with Crippen molar-refractivity contribution in [1.29, 1.82) is 0 Å². The molecule has 0 saturated heterocycles. The first-order valence-electron chi connectivity index (χ1n) is 48.7. The fraction of sp³-hybridized carbons (Fsp3) is 0.371. The summed E-state index contributed by atoms with van der Waals surface area (Å²) in [7, 11) is 0. The molecule has 0 radical (unpaired) electrons. The topological polar surface area (TPSA) is 268 Å². The highest BCUT2D eigenvalue weighted by Crippen LogP contribution is 2.38. The van der Waals surface area contributed by atoms with Crippen LogP contribution in [-0.2, 0) is 19.2 Å². The average Bonchev–Trinajstić information content (AvgIpc) is 0.787. The molecular weight excluding hydrogens is 2270 g/mol. The van der Waals surface area contributed by atoms with Crippen LogP contribution in [0.15, 0.2) is 267 Å². The number of carbonyl (C=O) groups is 8. The molecule has 0 aromatic heterocycles. The van der Waals surface area contributed by atoms with Crippen molar-refractivity contribution in [2.75, 3.05) is 23.7 Å². The number of carboxylic acid groups (broad SMARTS) is 2. The summed E-state index contributed by atoms with van der Waals surface area (Å²) in [6, 6.07) is 84.3. The van der Waals surface area contributed by atoms with E-state index in [2.05, 4.69) is 102 Å². The van der Waals surface area contributed by atoms with Gasteiger partial charge in [0.05, 0.1) is 48.5 Å². The molecule has 6 saturated carbocycles. The Bertz CT molecular complexity index is 6000. The minimum atomic E-state index is -0.870. The van der Waals surface area contributed by atoms with E-state index >= 15 is 0 Å². The number of rotatable bonds is 16. The molecule has 146 heavy (non-hydrogen) atoms. The molecule has 18 rings (SSSR count). The van der Waals surface area contributed by atoms with Gasteiger partial charge in [-0.2, -0.15) is 0 Å². The zero-order valence-corrected chi connectivity index (χ0v) is 88.2. The van der Waals surface area contributed by atoms with E-state index in [0.717, 1.165) is 180 Å². The SMILES string of the molecule is C.C.C.C.C.C.C#CCN.C#CCN(C(=O)c1ccccc1I)C(C(=O)Nc1ccc2ccccc2c1)C1CCCCC1.NC1CCCCC1.O=C(Nc1ccc2ccccc2c1)C(C1CCCCC1)N(C(=O)c1ccccc1I)C1CCCCC1.O=C(O)c1ccccc1I.O=C(O)c1ccccc1I.O=CC1CCCCC1.O=CC1CCCCC1.[C-]#[N+]c1ccc2ccccc2c1.[C-]#[N+]c1ccc2ccccc2c1. The summed E-state index contributed by atoms with van der Waals surface area (Å²) in [6.07, 6.45) is 47.5. The Balaban J connectivity index is 0.000000448. The maximum Gasteiger partial charge on any atom is 0.336 e. The normalized spacial score (nSPS) is 14.5. The molecule has 2 atom stereocenters. The number of amides is 4. The highest BCUT2D eigenvalue weighted by atomic mass is 127. The van der Waals surface area contributed by atoms with E-state index in [0.29, 0.717) is 58.1 Å². The molecule has 0 bridgehead atoms. The van der Waals surface area contributed by atoms with Gasteiger partial charge < -0.3 is 51.7 Å². The van der Waals surface area contributed by atoms with Crippen LogP contribution < -0.4 is 22.1 Å². The summed E-state index contributed by atoms with van der Waals surface area (Å²) >= 11 is 8.40. The second kappa shape index (κ2) is 72.2. The summed E-state index contributed by atoms with van der Waals surface area (Å²) in [5, 5.41) is 32.5. The van der Waals surface area contributed by atoms with Crippen molar-refractivity contribution in [2.24, 2.45) is 35.1 Å². The van der Waals surface area contributed by atoms with Crippen molar-refractivity contribution in [1.82, 2.24) is 9.80 Å². The lowest BCUT2D eigenvalue weighted by Gasteiger charge is -2.43. The maximum atomic E-state index is 14.2. The van der Waals surface area contributed by atoms with Gasteiger partial charge in [0.15, 0.2) is 11.4 Å². The monoisotopic (exact) mass is 2420 g/mol. The van der Waals surface area contributed by atoms with Crippen molar-refractivity contribution in [3.05, 3.63) is 326 Å². The third kappa shape index (κ3) is 42.6. The van der Waals surface area contributed by atoms with Crippen molar-refractivity contribution in [3.63, 3.8) is 0 Å². The number of nitrogens with two attached hydrogens (primary N) is 2. The summed E-state index contributed by atoms with van der Waals surface area (Å²) in [5.41, 5.74) is 15.4. The van der Waals surface area contributed by atoms with Crippen molar-refractivity contribution >= 4 is 204 Å². The number of hydrogen-bond acceptors (Lipinski definition) is 10. The lowest BCUT2D eigenvalue weighted by atomic mass is 9.81. The van der Waals surface area contributed by atoms with Crippen molar-refractivity contribution < 1.29 is 48.6 Å². The molecule has 776 valence electrons. The Kier molecular flexibility index (Phi) is 63.7. The highest BCUT2D eigenvalue weighted by Gasteiger charge is 2.43. The molecule has 12 aromatic rings. The van der Waals surface area contributed by atoms with Crippen LogP contribution in [-0.4, -0.2) is 105 Å². The lowest BCUT2D eigenvalue weighted by molar-refractivity contribution is -0.124. The molecule has 6 aliphatic carbocycles. The number of carboxylic acids is 2.